The highest BCUT2D eigenvalue weighted by Gasteiger charge is 2.27. The third kappa shape index (κ3) is 6.73. The van der Waals surface area contributed by atoms with E-state index in [0.29, 0.717) is 19.1 Å². The molecule has 0 aliphatic heterocycles. The maximum absolute atomic E-state index is 13.6. The van der Waals surface area contributed by atoms with Crippen molar-refractivity contribution in [3.05, 3.63) is 30.1 Å². The Kier molecular flexibility index (Phi) is 8.36. The van der Waals surface area contributed by atoms with Gasteiger partial charge in [0.25, 0.3) is 0 Å². The Balaban J connectivity index is 1.73. The fraction of sp³-hybridized carbons (Fsp3) is 0.600. The second kappa shape index (κ2) is 10.7. The SMILES string of the molecule is CCOC(=O)C1CCC(NC(=NC)NCC(C)Oc2ccccc2F)CC1. The second-order valence-corrected chi connectivity index (χ2v) is 6.76. The Morgan fingerprint density at radius 2 is 2.00 bits per heavy atom. The molecule has 150 valence electrons. The quantitative estimate of drug-likeness (QED) is 0.433. The van der Waals surface area contributed by atoms with Gasteiger partial charge in [-0.25, -0.2) is 4.39 Å². The van der Waals surface area contributed by atoms with E-state index in [1.54, 1.807) is 25.2 Å². The van der Waals surface area contributed by atoms with Gasteiger partial charge in [-0.15, -0.1) is 0 Å². The van der Waals surface area contributed by atoms with Crippen molar-refractivity contribution in [2.75, 3.05) is 20.2 Å². The van der Waals surface area contributed by atoms with Gasteiger partial charge < -0.3 is 20.1 Å². The first-order valence-corrected chi connectivity index (χ1v) is 9.58. The lowest BCUT2D eigenvalue weighted by molar-refractivity contribution is -0.149. The number of carbonyl (C=O) groups is 1. The highest BCUT2D eigenvalue weighted by Crippen LogP contribution is 2.25. The molecule has 1 unspecified atom stereocenters. The Labute approximate surface area is 160 Å². The van der Waals surface area contributed by atoms with Crippen LogP contribution in [-0.2, 0) is 9.53 Å². The van der Waals surface area contributed by atoms with Crippen LogP contribution in [-0.4, -0.2) is 44.3 Å². The molecule has 0 spiro atoms. The third-order valence-corrected chi connectivity index (χ3v) is 4.63. The van der Waals surface area contributed by atoms with Crippen molar-refractivity contribution in [3.63, 3.8) is 0 Å². The van der Waals surface area contributed by atoms with E-state index in [9.17, 15) is 9.18 Å². The van der Waals surface area contributed by atoms with Gasteiger partial charge in [0, 0.05) is 13.1 Å². The van der Waals surface area contributed by atoms with Crippen molar-refractivity contribution in [1.29, 1.82) is 0 Å². The fourth-order valence-corrected chi connectivity index (χ4v) is 3.16. The standard InChI is InChI=1S/C20H30FN3O3/c1-4-26-19(25)15-9-11-16(12-10-15)24-20(22-3)23-13-14(2)27-18-8-6-5-7-17(18)21/h5-8,14-16H,4,9-13H2,1-3H3,(H2,22,23,24). The first-order chi connectivity index (χ1) is 13.0. The van der Waals surface area contributed by atoms with E-state index in [0.717, 1.165) is 25.7 Å². The number of benzene rings is 1. The van der Waals surface area contributed by atoms with E-state index in [2.05, 4.69) is 15.6 Å². The molecule has 27 heavy (non-hydrogen) atoms. The summed E-state index contributed by atoms with van der Waals surface area (Å²) < 4.78 is 24.4. The van der Waals surface area contributed by atoms with Crippen LogP contribution in [0.3, 0.4) is 0 Å². The van der Waals surface area contributed by atoms with Crippen LogP contribution in [0, 0.1) is 11.7 Å². The number of hydrogen-bond donors (Lipinski definition) is 2. The van der Waals surface area contributed by atoms with Gasteiger partial charge in [0.1, 0.15) is 6.10 Å². The minimum absolute atomic E-state index is 0.00663. The van der Waals surface area contributed by atoms with Gasteiger partial charge >= 0.3 is 5.97 Å². The summed E-state index contributed by atoms with van der Waals surface area (Å²) in [4.78, 5) is 16.1. The van der Waals surface area contributed by atoms with Crippen LogP contribution in [0.15, 0.2) is 29.3 Å². The molecule has 1 aliphatic rings. The molecule has 1 saturated carbocycles. The van der Waals surface area contributed by atoms with Gasteiger partial charge in [-0.2, -0.15) is 0 Å². The van der Waals surface area contributed by atoms with Crippen LogP contribution >= 0.6 is 0 Å². The topological polar surface area (TPSA) is 72.0 Å². The average Bonchev–Trinajstić information content (AvgIpc) is 2.67. The zero-order chi connectivity index (χ0) is 19.6. The molecule has 1 aromatic carbocycles. The molecule has 1 atom stereocenters. The number of nitrogens with zero attached hydrogens (tertiary/aromatic N) is 1. The molecule has 2 rings (SSSR count). The number of aliphatic imine (C=N–C) groups is 1. The van der Waals surface area contributed by atoms with Gasteiger partial charge in [-0.05, 0) is 51.7 Å². The van der Waals surface area contributed by atoms with E-state index in [4.69, 9.17) is 9.47 Å². The number of guanidine groups is 1. The van der Waals surface area contributed by atoms with E-state index in [1.807, 2.05) is 13.8 Å². The summed E-state index contributed by atoms with van der Waals surface area (Å²) in [6.45, 7) is 4.63. The zero-order valence-corrected chi connectivity index (χ0v) is 16.3. The van der Waals surface area contributed by atoms with Gasteiger partial charge in [0.2, 0.25) is 0 Å². The Bertz CT molecular complexity index is 631. The van der Waals surface area contributed by atoms with Gasteiger partial charge in [-0.1, -0.05) is 12.1 Å². The van der Waals surface area contributed by atoms with E-state index in [-0.39, 0.29) is 35.6 Å². The van der Waals surface area contributed by atoms with Crippen molar-refractivity contribution in [2.24, 2.45) is 10.9 Å². The predicted octanol–water partition coefficient (Wildman–Crippen LogP) is 2.88. The lowest BCUT2D eigenvalue weighted by Crippen LogP contribution is -2.47. The normalized spacial score (nSPS) is 21.3. The van der Waals surface area contributed by atoms with Gasteiger partial charge in [-0.3, -0.25) is 9.79 Å². The predicted molar refractivity (Wildman–Crippen MR) is 103 cm³/mol. The fourth-order valence-electron chi connectivity index (χ4n) is 3.16. The Morgan fingerprint density at radius 3 is 2.63 bits per heavy atom. The zero-order valence-electron chi connectivity index (χ0n) is 16.3. The van der Waals surface area contributed by atoms with Crippen LogP contribution in [0.25, 0.3) is 0 Å². The molecule has 1 aliphatic carbocycles. The number of hydrogen-bond acceptors (Lipinski definition) is 4. The van der Waals surface area contributed by atoms with Crippen LogP contribution < -0.4 is 15.4 Å². The summed E-state index contributed by atoms with van der Waals surface area (Å²) in [5, 5.41) is 6.60. The molecule has 7 heteroatoms. The van der Waals surface area contributed by atoms with Crippen LogP contribution in [0.5, 0.6) is 5.75 Å². The molecule has 0 aromatic heterocycles. The number of rotatable bonds is 7. The molecular weight excluding hydrogens is 349 g/mol. The molecule has 0 bridgehead atoms. The second-order valence-electron chi connectivity index (χ2n) is 6.76. The molecule has 1 aromatic rings. The van der Waals surface area contributed by atoms with E-state index >= 15 is 0 Å². The van der Waals surface area contributed by atoms with Crippen molar-refractivity contribution < 1.29 is 18.7 Å². The Hall–Kier alpha value is -2.31. The molecule has 6 nitrogen and oxygen atoms in total. The summed E-state index contributed by atoms with van der Waals surface area (Å²) in [5.41, 5.74) is 0. The molecule has 0 radical (unpaired) electrons. The number of nitrogens with one attached hydrogen (secondary N) is 2. The number of para-hydroxylation sites is 1. The lowest BCUT2D eigenvalue weighted by atomic mass is 9.86. The summed E-state index contributed by atoms with van der Waals surface area (Å²) in [6.07, 6.45) is 3.21. The van der Waals surface area contributed by atoms with Gasteiger partial charge in [0.05, 0.1) is 19.1 Å². The van der Waals surface area contributed by atoms with Gasteiger partial charge in [0.15, 0.2) is 17.5 Å². The number of carbonyl (C=O) groups excluding carboxylic acids is 1. The minimum Gasteiger partial charge on any atom is -0.486 e. The van der Waals surface area contributed by atoms with Crippen molar-refractivity contribution in [3.8, 4) is 5.75 Å². The minimum atomic E-state index is -0.370. The van der Waals surface area contributed by atoms with E-state index in [1.165, 1.54) is 6.07 Å². The summed E-state index contributed by atoms with van der Waals surface area (Å²) >= 11 is 0. The lowest BCUT2D eigenvalue weighted by Gasteiger charge is -2.29. The number of halogens is 1. The summed E-state index contributed by atoms with van der Waals surface area (Å²) in [7, 11) is 1.71. The first-order valence-electron chi connectivity index (χ1n) is 9.58. The third-order valence-electron chi connectivity index (χ3n) is 4.63. The Morgan fingerprint density at radius 1 is 1.30 bits per heavy atom. The van der Waals surface area contributed by atoms with Crippen LogP contribution in [0.2, 0.25) is 0 Å². The maximum atomic E-state index is 13.6. The monoisotopic (exact) mass is 379 g/mol. The molecular formula is C20H30FN3O3. The van der Waals surface area contributed by atoms with Crippen molar-refractivity contribution in [2.45, 2.75) is 51.7 Å². The molecule has 0 amide bonds. The largest absolute Gasteiger partial charge is 0.486 e. The van der Waals surface area contributed by atoms with Crippen LogP contribution in [0.1, 0.15) is 39.5 Å². The molecule has 1 fully saturated rings. The highest BCUT2D eigenvalue weighted by molar-refractivity contribution is 5.80. The summed E-state index contributed by atoms with van der Waals surface area (Å²) in [5.74, 6) is 0.473. The number of ether oxygens (including phenoxy) is 2. The first kappa shape index (κ1) is 21.0. The summed E-state index contributed by atoms with van der Waals surface area (Å²) in [6, 6.07) is 6.63. The molecule has 2 N–H and O–H groups in total. The maximum Gasteiger partial charge on any atom is 0.308 e. The van der Waals surface area contributed by atoms with E-state index < -0.39 is 0 Å². The molecule has 0 heterocycles. The smallest absolute Gasteiger partial charge is 0.308 e. The van der Waals surface area contributed by atoms with Crippen molar-refractivity contribution in [1.82, 2.24) is 10.6 Å². The van der Waals surface area contributed by atoms with Crippen molar-refractivity contribution >= 4 is 11.9 Å². The number of esters is 1. The molecule has 0 saturated heterocycles. The average molecular weight is 379 g/mol. The highest BCUT2D eigenvalue weighted by atomic mass is 19.1. The van der Waals surface area contributed by atoms with Crippen LogP contribution in [0.4, 0.5) is 4.39 Å².